The lowest BCUT2D eigenvalue weighted by molar-refractivity contribution is -0.123. The number of aryl methyl sites for hydroxylation is 1. The highest BCUT2D eigenvalue weighted by atomic mass is 16.5. The van der Waals surface area contributed by atoms with E-state index in [1.807, 2.05) is 19.1 Å². The number of anilines is 1. The van der Waals surface area contributed by atoms with Crippen molar-refractivity contribution in [2.45, 2.75) is 45.6 Å². The quantitative estimate of drug-likeness (QED) is 0.907. The van der Waals surface area contributed by atoms with Gasteiger partial charge < -0.3 is 10.1 Å². The number of amides is 1. The van der Waals surface area contributed by atoms with Crippen LogP contribution >= 0.6 is 0 Å². The van der Waals surface area contributed by atoms with Gasteiger partial charge in [-0.1, -0.05) is 19.8 Å². The number of carbonyl (C=O) groups excluding carboxylic acids is 1. The van der Waals surface area contributed by atoms with Crippen molar-refractivity contribution >= 4 is 11.6 Å². The molecule has 2 atom stereocenters. The van der Waals surface area contributed by atoms with E-state index in [1.165, 1.54) is 12.8 Å². The molecule has 0 saturated heterocycles. The highest BCUT2D eigenvalue weighted by Gasteiger charge is 2.20. The Kier molecular flexibility index (Phi) is 4.91. The second kappa shape index (κ2) is 6.66. The normalized spacial score (nSPS) is 23.1. The number of pyridine rings is 1. The summed E-state index contributed by atoms with van der Waals surface area (Å²) in [5.74, 6) is 0.608. The first-order valence-corrected chi connectivity index (χ1v) is 6.98. The molecule has 1 aliphatic carbocycles. The zero-order valence-corrected chi connectivity index (χ0v) is 11.7. The number of aromatic nitrogens is 1. The molecule has 1 amide bonds. The van der Waals surface area contributed by atoms with Gasteiger partial charge >= 0.3 is 0 Å². The molecule has 0 radical (unpaired) electrons. The fraction of sp³-hybridized carbons (Fsp3) is 0.600. The fourth-order valence-corrected chi connectivity index (χ4v) is 2.53. The Hall–Kier alpha value is -1.42. The monoisotopic (exact) mass is 262 g/mol. The van der Waals surface area contributed by atoms with Gasteiger partial charge in [0.25, 0.3) is 0 Å². The highest BCUT2D eigenvalue weighted by Crippen LogP contribution is 2.25. The van der Waals surface area contributed by atoms with Crippen LogP contribution in [0.4, 0.5) is 5.69 Å². The van der Waals surface area contributed by atoms with Crippen molar-refractivity contribution in [3.8, 4) is 0 Å². The van der Waals surface area contributed by atoms with Gasteiger partial charge in [-0.25, -0.2) is 0 Å². The maximum absolute atomic E-state index is 11.8. The second-order valence-electron chi connectivity index (χ2n) is 5.39. The first-order chi connectivity index (χ1) is 9.15. The fourth-order valence-electron chi connectivity index (χ4n) is 2.53. The van der Waals surface area contributed by atoms with Gasteiger partial charge in [-0.15, -0.1) is 0 Å². The summed E-state index contributed by atoms with van der Waals surface area (Å²) in [4.78, 5) is 16.0. The van der Waals surface area contributed by atoms with Crippen LogP contribution in [0.2, 0.25) is 0 Å². The molecule has 0 aromatic carbocycles. The Labute approximate surface area is 114 Å². The van der Waals surface area contributed by atoms with Crippen molar-refractivity contribution in [2.24, 2.45) is 5.92 Å². The van der Waals surface area contributed by atoms with Gasteiger partial charge in [0.1, 0.15) is 6.61 Å². The van der Waals surface area contributed by atoms with Crippen molar-refractivity contribution in [3.05, 3.63) is 24.0 Å². The Morgan fingerprint density at radius 2 is 2.37 bits per heavy atom. The number of hydrogen-bond donors (Lipinski definition) is 1. The SMILES string of the molecule is Cc1ncccc1NC(=O)CO[C@H]1CCC[C@H](C)C1. The third-order valence-corrected chi connectivity index (χ3v) is 3.62. The van der Waals surface area contributed by atoms with Crippen molar-refractivity contribution in [2.75, 3.05) is 11.9 Å². The van der Waals surface area contributed by atoms with Crippen LogP contribution in [0, 0.1) is 12.8 Å². The maximum Gasteiger partial charge on any atom is 0.250 e. The van der Waals surface area contributed by atoms with E-state index in [9.17, 15) is 4.79 Å². The van der Waals surface area contributed by atoms with Gasteiger partial charge in [-0.05, 0) is 37.8 Å². The predicted octanol–water partition coefficient (Wildman–Crippen LogP) is 2.92. The molecule has 1 heterocycles. The Bertz CT molecular complexity index is 434. The lowest BCUT2D eigenvalue weighted by Crippen LogP contribution is -2.27. The smallest absolute Gasteiger partial charge is 0.250 e. The van der Waals surface area contributed by atoms with E-state index in [1.54, 1.807) is 6.20 Å². The average Bonchev–Trinajstić information content (AvgIpc) is 2.39. The molecule has 1 aromatic rings. The Balaban J connectivity index is 1.77. The molecule has 4 heteroatoms. The van der Waals surface area contributed by atoms with E-state index < -0.39 is 0 Å². The standard InChI is InChI=1S/C15H22N2O2/c1-11-5-3-6-13(9-11)19-10-15(18)17-14-7-4-8-16-12(14)2/h4,7-8,11,13H,3,5-6,9-10H2,1-2H3,(H,17,18)/t11-,13-/m0/s1. The van der Waals surface area contributed by atoms with Crippen molar-refractivity contribution < 1.29 is 9.53 Å². The summed E-state index contributed by atoms with van der Waals surface area (Å²) in [6, 6.07) is 3.66. The lowest BCUT2D eigenvalue weighted by Gasteiger charge is -2.26. The molecule has 1 aliphatic rings. The summed E-state index contributed by atoms with van der Waals surface area (Å²) in [5, 5.41) is 2.83. The van der Waals surface area contributed by atoms with Gasteiger partial charge in [0.05, 0.1) is 17.5 Å². The molecular formula is C15H22N2O2. The largest absolute Gasteiger partial charge is 0.368 e. The molecule has 4 nitrogen and oxygen atoms in total. The second-order valence-corrected chi connectivity index (χ2v) is 5.39. The molecule has 0 aliphatic heterocycles. The van der Waals surface area contributed by atoms with E-state index in [2.05, 4.69) is 17.2 Å². The first kappa shape index (κ1) is 14.0. The van der Waals surface area contributed by atoms with E-state index in [4.69, 9.17) is 4.74 Å². The molecule has 0 unspecified atom stereocenters. The highest BCUT2D eigenvalue weighted by molar-refractivity contribution is 5.92. The molecule has 2 rings (SSSR count). The number of hydrogen-bond acceptors (Lipinski definition) is 3. The van der Waals surface area contributed by atoms with Crippen molar-refractivity contribution in [1.29, 1.82) is 0 Å². The lowest BCUT2D eigenvalue weighted by atomic mass is 9.89. The first-order valence-electron chi connectivity index (χ1n) is 6.98. The zero-order valence-electron chi connectivity index (χ0n) is 11.7. The van der Waals surface area contributed by atoms with Gasteiger partial charge in [-0.3, -0.25) is 9.78 Å². The van der Waals surface area contributed by atoms with E-state index in [0.717, 1.165) is 24.2 Å². The number of carbonyl (C=O) groups is 1. The number of nitrogens with one attached hydrogen (secondary N) is 1. The molecule has 104 valence electrons. The molecule has 0 bridgehead atoms. The molecule has 0 spiro atoms. The van der Waals surface area contributed by atoms with Crippen molar-refractivity contribution in [1.82, 2.24) is 4.98 Å². The molecule has 1 N–H and O–H groups in total. The summed E-state index contributed by atoms with van der Waals surface area (Å²) < 4.78 is 5.69. The topological polar surface area (TPSA) is 51.2 Å². The molecule has 1 aromatic heterocycles. The van der Waals surface area contributed by atoms with Crippen LogP contribution in [0.25, 0.3) is 0 Å². The van der Waals surface area contributed by atoms with Gasteiger partial charge in [0.2, 0.25) is 5.91 Å². The zero-order chi connectivity index (χ0) is 13.7. The Morgan fingerprint density at radius 3 is 3.11 bits per heavy atom. The van der Waals surface area contributed by atoms with Crippen LogP contribution < -0.4 is 5.32 Å². The maximum atomic E-state index is 11.8. The minimum atomic E-state index is -0.102. The van der Waals surface area contributed by atoms with E-state index in [0.29, 0.717) is 5.92 Å². The molecule has 1 saturated carbocycles. The number of ether oxygens (including phenoxy) is 1. The van der Waals surface area contributed by atoms with Gasteiger partial charge in [0.15, 0.2) is 0 Å². The molecule has 1 fully saturated rings. The van der Waals surface area contributed by atoms with Crippen LogP contribution in [-0.2, 0) is 9.53 Å². The van der Waals surface area contributed by atoms with Crippen LogP contribution in [-0.4, -0.2) is 23.6 Å². The average molecular weight is 262 g/mol. The van der Waals surface area contributed by atoms with Gasteiger partial charge in [0, 0.05) is 6.20 Å². The third-order valence-electron chi connectivity index (χ3n) is 3.62. The number of nitrogens with zero attached hydrogens (tertiary/aromatic N) is 1. The summed E-state index contributed by atoms with van der Waals surface area (Å²) in [6.45, 7) is 4.25. The molecule has 19 heavy (non-hydrogen) atoms. The van der Waals surface area contributed by atoms with E-state index >= 15 is 0 Å². The van der Waals surface area contributed by atoms with Crippen molar-refractivity contribution in [3.63, 3.8) is 0 Å². The van der Waals surface area contributed by atoms with Crippen LogP contribution in [0.1, 0.15) is 38.3 Å². The van der Waals surface area contributed by atoms with Crippen LogP contribution in [0.3, 0.4) is 0 Å². The number of rotatable bonds is 4. The molecular weight excluding hydrogens is 240 g/mol. The minimum absolute atomic E-state index is 0.102. The van der Waals surface area contributed by atoms with Crippen LogP contribution in [0.15, 0.2) is 18.3 Å². The van der Waals surface area contributed by atoms with Gasteiger partial charge in [-0.2, -0.15) is 0 Å². The van der Waals surface area contributed by atoms with E-state index in [-0.39, 0.29) is 18.6 Å². The summed E-state index contributed by atoms with van der Waals surface area (Å²) >= 11 is 0. The Morgan fingerprint density at radius 1 is 1.53 bits per heavy atom. The predicted molar refractivity (Wildman–Crippen MR) is 75.0 cm³/mol. The van der Waals surface area contributed by atoms with Crippen LogP contribution in [0.5, 0.6) is 0 Å². The summed E-state index contributed by atoms with van der Waals surface area (Å²) in [5.41, 5.74) is 1.58. The minimum Gasteiger partial charge on any atom is -0.368 e. The summed E-state index contributed by atoms with van der Waals surface area (Å²) in [6.07, 6.45) is 6.58. The summed E-state index contributed by atoms with van der Waals surface area (Å²) in [7, 11) is 0. The third kappa shape index (κ3) is 4.31.